The predicted octanol–water partition coefficient (Wildman–Crippen LogP) is 0.505. The van der Waals surface area contributed by atoms with E-state index >= 15 is 0 Å². The molecular formula is C7H11ClN4O. The standard InChI is InChI=1S/C7H11ClN4O/c1-4(13)2-10-6-5(9)3-11-7(8)12-6/h3-4,13H,2,9H2,1H3,(H,10,11,12). The number of nitrogens with zero attached hydrogens (tertiary/aromatic N) is 2. The SMILES string of the molecule is CC(O)CNc1nc(Cl)ncc1N. The third-order valence-electron chi connectivity index (χ3n) is 1.35. The Balaban J connectivity index is 2.70. The Morgan fingerprint density at radius 1 is 1.77 bits per heavy atom. The molecule has 0 saturated carbocycles. The Morgan fingerprint density at radius 2 is 2.46 bits per heavy atom. The summed E-state index contributed by atoms with van der Waals surface area (Å²) < 4.78 is 0. The summed E-state index contributed by atoms with van der Waals surface area (Å²) in [6.45, 7) is 2.03. The van der Waals surface area contributed by atoms with E-state index in [1.54, 1.807) is 6.92 Å². The number of aliphatic hydroxyl groups is 1. The highest BCUT2D eigenvalue weighted by molar-refractivity contribution is 6.28. The fourth-order valence-electron chi connectivity index (χ4n) is 0.756. The van der Waals surface area contributed by atoms with Gasteiger partial charge in [-0.05, 0) is 18.5 Å². The zero-order chi connectivity index (χ0) is 9.84. The van der Waals surface area contributed by atoms with Crippen LogP contribution in [-0.4, -0.2) is 27.7 Å². The van der Waals surface area contributed by atoms with Crippen LogP contribution in [0.15, 0.2) is 6.20 Å². The van der Waals surface area contributed by atoms with Crippen LogP contribution in [-0.2, 0) is 0 Å². The highest BCUT2D eigenvalue weighted by Crippen LogP contribution is 2.15. The maximum Gasteiger partial charge on any atom is 0.224 e. The Bertz CT molecular complexity index is 292. The van der Waals surface area contributed by atoms with E-state index in [4.69, 9.17) is 22.4 Å². The molecule has 13 heavy (non-hydrogen) atoms. The summed E-state index contributed by atoms with van der Waals surface area (Å²) in [5, 5.41) is 12.0. The molecule has 0 saturated heterocycles. The van der Waals surface area contributed by atoms with Crippen molar-refractivity contribution in [1.29, 1.82) is 0 Å². The second-order valence-corrected chi connectivity index (χ2v) is 3.01. The normalized spacial score (nSPS) is 12.5. The largest absolute Gasteiger partial charge is 0.394 e. The molecule has 0 radical (unpaired) electrons. The van der Waals surface area contributed by atoms with Gasteiger partial charge >= 0.3 is 0 Å². The van der Waals surface area contributed by atoms with Crippen LogP contribution in [0.2, 0.25) is 5.28 Å². The first kappa shape index (κ1) is 10.0. The molecule has 0 aromatic carbocycles. The smallest absolute Gasteiger partial charge is 0.224 e. The van der Waals surface area contributed by atoms with Crippen LogP contribution in [0.3, 0.4) is 0 Å². The highest BCUT2D eigenvalue weighted by Gasteiger charge is 2.03. The van der Waals surface area contributed by atoms with Gasteiger partial charge in [0.15, 0.2) is 5.82 Å². The topological polar surface area (TPSA) is 84.1 Å². The van der Waals surface area contributed by atoms with Gasteiger partial charge < -0.3 is 16.2 Å². The van der Waals surface area contributed by atoms with E-state index in [2.05, 4.69) is 15.3 Å². The summed E-state index contributed by atoms with van der Waals surface area (Å²) in [7, 11) is 0. The van der Waals surface area contributed by atoms with E-state index in [1.165, 1.54) is 6.20 Å². The van der Waals surface area contributed by atoms with Crippen molar-refractivity contribution in [2.24, 2.45) is 0 Å². The summed E-state index contributed by atoms with van der Waals surface area (Å²) in [6, 6.07) is 0. The third kappa shape index (κ3) is 3.04. The van der Waals surface area contributed by atoms with Gasteiger partial charge in [-0.25, -0.2) is 4.98 Å². The van der Waals surface area contributed by atoms with Crippen LogP contribution in [0, 0.1) is 0 Å². The lowest BCUT2D eigenvalue weighted by molar-refractivity contribution is 0.208. The Morgan fingerprint density at radius 3 is 3.08 bits per heavy atom. The van der Waals surface area contributed by atoms with Gasteiger partial charge in [0, 0.05) is 6.54 Å². The molecule has 1 heterocycles. The molecule has 0 aliphatic heterocycles. The lowest BCUT2D eigenvalue weighted by Gasteiger charge is -2.09. The molecule has 1 rings (SSSR count). The zero-order valence-corrected chi connectivity index (χ0v) is 7.91. The number of nitrogens with two attached hydrogens (primary N) is 1. The molecule has 0 bridgehead atoms. The van der Waals surface area contributed by atoms with Gasteiger partial charge in [0.1, 0.15) is 0 Å². The number of nitrogen functional groups attached to an aromatic ring is 1. The quantitative estimate of drug-likeness (QED) is 0.622. The average molecular weight is 203 g/mol. The van der Waals surface area contributed by atoms with Crippen LogP contribution in [0.25, 0.3) is 0 Å². The number of rotatable bonds is 3. The summed E-state index contributed by atoms with van der Waals surface area (Å²) in [5.41, 5.74) is 5.96. The van der Waals surface area contributed by atoms with Crippen molar-refractivity contribution in [2.45, 2.75) is 13.0 Å². The molecule has 0 amide bonds. The van der Waals surface area contributed by atoms with E-state index in [0.29, 0.717) is 18.1 Å². The minimum Gasteiger partial charge on any atom is -0.394 e. The molecule has 0 fully saturated rings. The number of hydrogen-bond donors (Lipinski definition) is 3. The number of nitrogens with one attached hydrogen (secondary N) is 1. The number of hydrogen-bond acceptors (Lipinski definition) is 5. The van der Waals surface area contributed by atoms with Crippen molar-refractivity contribution in [1.82, 2.24) is 9.97 Å². The van der Waals surface area contributed by atoms with Crippen LogP contribution in [0.4, 0.5) is 11.5 Å². The summed E-state index contributed by atoms with van der Waals surface area (Å²) in [5.74, 6) is 0.445. The van der Waals surface area contributed by atoms with E-state index in [0.717, 1.165) is 0 Å². The van der Waals surface area contributed by atoms with Gasteiger partial charge in [0.2, 0.25) is 5.28 Å². The zero-order valence-electron chi connectivity index (χ0n) is 7.16. The average Bonchev–Trinajstić information content (AvgIpc) is 2.06. The molecule has 4 N–H and O–H groups in total. The van der Waals surface area contributed by atoms with Gasteiger partial charge in [0.25, 0.3) is 0 Å². The lowest BCUT2D eigenvalue weighted by Crippen LogP contribution is -2.17. The molecule has 6 heteroatoms. The number of aromatic nitrogens is 2. The van der Waals surface area contributed by atoms with Crippen molar-refractivity contribution < 1.29 is 5.11 Å². The molecule has 0 aliphatic rings. The van der Waals surface area contributed by atoms with Crippen LogP contribution in [0.5, 0.6) is 0 Å². The van der Waals surface area contributed by atoms with Crippen molar-refractivity contribution in [3.8, 4) is 0 Å². The van der Waals surface area contributed by atoms with Crippen LogP contribution in [0.1, 0.15) is 6.92 Å². The van der Waals surface area contributed by atoms with Gasteiger partial charge in [-0.1, -0.05) is 0 Å². The third-order valence-corrected chi connectivity index (χ3v) is 1.53. The molecule has 0 aliphatic carbocycles. The molecule has 72 valence electrons. The summed E-state index contributed by atoms with van der Waals surface area (Å²) in [4.78, 5) is 7.55. The molecule has 1 aromatic heterocycles. The molecule has 1 atom stereocenters. The van der Waals surface area contributed by atoms with Crippen LogP contribution >= 0.6 is 11.6 Å². The summed E-state index contributed by atoms with van der Waals surface area (Å²) in [6.07, 6.45) is 0.952. The van der Waals surface area contributed by atoms with Crippen molar-refractivity contribution in [3.63, 3.8) is 0 Å². The second-order valence-electron chi connectivity index (χ2n) is 2.67. The van der Waals surface area contributed by atoms with Crippen molar-refractivity contribution >= 4 is 23.1 Å². The Hall–Kier alpha value is -1.07. The predicted molar refractivity (Wildman–Crippen MR) is 51.6 cm³/mol. The lowest BCUT2D eigenvalue weighted by atomic mass is 10.4. The molecule has 5 nitrogen and oxygen atoms in total. The van der Waals surface area contributed by atoms with Gasteiger partial charge in [-0.15, -0.1) is 0 Å². The molecule has 1 unspecified atom stereocenters. The van der Waals surface area contributed by atoms with Crippen molar-refractivity contribution in [3.05, 3.63) is 11.5 Å². The van der Waals surface area contributed by atoms with E-state index in [1.807, 2.05) is 0 Å². The van der Waals surface area contributed by atoms with Crippen LogP contribution < -0.4 is 11.1 Å². The van der Waals surface area contributed by atoms with Gasteiger partial charge in [0.05, 0.1) is 18.0 Å². The van der Waals surface area contributed by atoms with E-state index in [9.17, 15) is 0 Å². The monoisotopic (exact) mass is 202 g/mol. The first-order valence-electron chi connectivity index (χ1n) is 3.79. The number of halogens is 1. The fraction of sp³-hybridized carbons (Fsp3) is 0.429. The minimum absolute atomic E-state index is 0.127. The van der Waals surface area contributed by atoms with Gasteiger partial charge in [-0.3, -0.25) is 0 Å². The molecule has 1 aromatic rings. The number of anilines is 2. The minimum atomic E-state index is -0.465. The molecule has 0 spiro atoms. The fourth-order valence-corrected chi connectivity index (χ4v) is 0.889. The van der Waals surface area contributed by atoms with E-state index in [-0.39, 0.29) is 5.28 Å². The highest BCUT2D eigenvalue weighted by atomic mass is 35.5. The molecular weight excluding hydrogens is 192 g/mol. The number of aliphatic hydroxyl groups excluding tert-OH is 1. The maximum absolute atomic E-state index is 8.99. The van der Waals surface area contributed by atoms with Gasteiger partial charge in [-0.2, -0.15) is 4.98 Å². The Kier molecular flexibility index (Phi) is 3.27. The van der Waals surface area contributed by atoms with E-state index < -0.39 is 6.10 Å². The first-order chi connectivity index (χ1) is 6.09. The maximum atomic E-state index is 8.99. The summed E-state index contributed by atoms with van der Waals surface area (Å²) >= 11 is 5.55. The van der Waals surface area contributed by atoms with Crippen molar-refractivity contribution in [2.75, 3.05) is 17.6 Å². The second kappa shape index (κ2) is 4.25. The first-order valence-corrected chi connectivity index (χ1v) is 4.17. The Labute approximate surface area is 81.0 Å².